The summed E-state index contributed by atoms with van der Waals surface area (Å²) in [5.74, 6) is -1.24. The fraction of sp³-hybridized carbons (Fsp3) is 0.200. The number of aryl methyl sites for hydroxylation is 1. The number of rotatable bonds is 4. The topological polar surface area (TPSA) is 53.0 Å². The van der Waals surface area contributed by atoms with E-state index in [1.807, 2.05) is 6.08 Å². The van der Waals surface area contributed by atoms with Crippen LogP contribution in [0.4, 0.5) is 0 Å². The summed E-state index contributed by atoms with van der Waals surface area (Å²) in [6, 6.07) is 3.19. The van der Waals surface area contributed by atoms with Crippen LogP contribution < -0.4 is 5.11 Å². The van der Waals surface area contributed by atoms with E-state index in [1.54, 1.807) is 12.3 Å². The molecule has 0 aliphatic carbocycles. The molecule has 0 spiro atoms. The van der Waals surface area contributed by atoms with Gasteiger partial charge in [0, 0.05) is 6.20 Å². The van der Waals surface area contributed by atoms with Gasteiger partial charge in [-0.05, 0) is 24.5 Å². The van der Waals surface area contributed by atoms with Gasteiger partial charge in [0.2, 0.25) is 0 Å². The highest BCUT2D eigenvalue weighted by atomic mass is 16.4. The molecule has 13 heavy (non-hydrogen) atoms. The van der Waals surface area contributed by atoms with E-state index < -0.39 is 5.97 Å². The molecule has 0 saturated carbocycles. The molecular weight excluding hydrogens is 166 g/mol. The van der Waals surface area contributed by atoms with Crippen molar-refractivity contribution in [1.29, 1.82) is 0 Å². The minimum absolute atomic E-state index is 0.0256. The van der Waals surface area contributed by atoms with Gasteiger partial charge >= 0.3 is 0 Å². The monoisotopic (exact) mass is 176 g/mol. The third-order valence-electron chi connectivity index (χ3n) is 1.67. The molecule has 0 amide bonds. The number of carboxylic acid groups (broad SMARTS) is 1. The van der Waals surface area contributed by atoms with Gasteiger partial charge in [0.05, 0.1) is 11.7 Å². The van der Waals surface area contributed by atoms with E-state index in [0.29, 0.717) is 0 Å². The van der Waals surface area contributed by atoms with Crippen LogP contribution >= 0.6 is 0 Å². The van der Waals surface area contributed by atoms with Gasteiger partial charge in [0.15, 0.2) is 0 Å². The van der Waals surface area contributed by atoms with Crippen molar-refractivity contribution in [3.05, 3.63) is 42.2 Å². The normalized spacial score (nSPS) is 9.54. The molecule has 0 aromatic carbocycles. The first-order valence-electron chi connectivity index (χ1n) is 4.01. The summed E-state index contributed by atoms with van der Waals surface area (Å²) in [6.45, 7) is 3.60. The number of aromatic nitrogens is 1. The van der Waals surface area contributed by atoms with Gasteiger partial charge < -0.3 is 9.90 Å². The molecule has 68 valence electrons. The zero-order valence-electron chi connectivity index (χ0n) is 7.19. The maximum absolute atomic E-state index is 10.3. The summed E-state index contributed by atoms with van der Waals surface area (Å²) in [7, 11) is 0. The summed E-state index contributed by atoms with van der Waals surface area (Å²) in [4.78, 5) is 14.1. The molecule has 3 nitrogen and oxygen atoms in total. The summed E-state index contributed by atoms with van der Waals surface area (Å²) in [5, 5.41) is 10.3. The molecule has 0 aliphatic heterocycles. The van der Waals surface area contributed by atoms with Crippen LogP contribution in [0.1, 0.15) is 22.5 Å². The summed E-state index contributed by atoms with van der Waals surface area (Å²) >= 11 is 0. The Bertz CT molecular complexity index is 303. The van der Waals surface area contributed by atoms with Crippen molar-refractivity contribution in [2.75, 3.05) is 0 Å². The van der Waals surface area contributed by atoms with Gasteiger partial charge in [-0.1, -0.05) is 12.1 Å². The Kier molecular flexibility index (Phi) is 3.20. The lowest BCUT2D eigenvalue weighted by Gasteiger charge is -2.02. The number of carbonyl (C=O) groups is 1. The van der Waals surface area contributed by atoms with E-state index in [2.05, 4.69) is 11.6 Å². The van der Waals surface area contributed by atoms with Crippen molar-refractivity contribution < 1.29 is 9.90 Å². The van der Waals surface area contributed by atoms with Crippen LogP contribution in [0, 0.1) is 0 Å². The second-order valence-corrected chi connectivity index (χ2v) is 2.67. The number of carbonyl (C=O) groups excluding carboxylic acids is 1. The molecule has 0 N–H and O–H groups in total. The molecule has 1 aromatic heterocycles. The van der Waals surface area contributed by atoms with E-state index in [0.717, 1.165) is 18.4 Å². The molecule has 3 heteroatoms. The largest absolute Gasteiger partial charge is 0.543 e. The molecule has 0 aliphatic rings. The van der Waals surface area contributed by atoms with Gasteiger partial charge in [0.25, 0.3) is 0 Å². The van der Waals surface area contributed by atoms with E-state index in [9.17, 15) is 9.90 Å². The Labute approximate surface area is 76.7 Å². The average Bonchev–Trinajstić information content (AvgIpc) is 2.15. The highest BCUT2D eigenvalue weighted by Gasteiger charge is 1.95. The molecule has 0 bridgehead atoms. The molecule has 0 saturated heterocycles. The van der Waals surface area contributed by atoms with Gasteiger partial charge in [0.1, 0.15) is 0 Å². The van der Waals surface area contributed by atoms with Crippen LogP contribution in [-0.2, 0) is 6.42 Å². The first kappa shape index (κ1) is 9.45. The number of aromatic carboxylic acids is 1. The van der Waals surface area contributed by atoms with Crippen LogP contribution in [0.25, 0.3) is 0 Å². The second-order valence-electron chi connectivity index (χ2n) is 2.67. The van der Waals surface area contributed by atoms with Crippen LogP contribution in [-0.4, -0.2) is 11.0 Å². The number of hydrogen-bond acceptors (Lipinski definition) is 3. The molecule has 0 fully saturated rings. The number of hydrogen-bond donors (Lipinski definition) is 0. The average molecular weight is 176 g/mol. The minimum atomic E-state index is -1.24. The molecular formula is C10H10NO2-. The Morgan fingerprint density at radius 3 is 2.85 bits per heavy atom. The zero-order chi connectivity index (χ0) is 9.68. The Morgan fingerprint density at radius 1 is 1.62 bits per heavy atom. The van der Waals surface area contributed by atoms with Gasteiger partial charge in [-0.25, -0.2) is 0 Å². The van der Waals surface area contributed by atoms with Crippen molar-refractivity contribution in [3.63, 3.8) is 0 Å². The second kappa shape index (κ2) is 4.40. The predicted octanol–water partition coefficient (Wildman–Crippen LogP) is 0.564. The standard InChI is InChI=1S/C10H11NO2/c1-2-3-4-8-5-6-9(10(12)13)11-7-8/h2,5-7H,1,3-4H2,(H,12,13)/p-1. The molecule has 1 heterocycles. The Morgan fingerprint density at radius 2 is 2.38 bits per heavy atom. The lowest BCUT2D eigenvalue weighted by Crippen LogP contribution is -2.23. The fourth-order valence-electron chi connectivity index (χ4n) is 0.962. The third kappa shape index (κ3) is 2.71. The van der Waals surface area contributed by atoms with Crippen molar-refractivity contribution in [2.24, 2.45) is 0 Å². The maximum atomic E-state index is 10.3. The van der Waals surface area contributed by atoms with E-state index in [1.165, 1.54) is 6.07 Å². The molecule has 0 unspecified atom stereocenters. The number of nitrogens with zero attached hydrogens (tertiary/aromatic N) is 1. The molecule has 0 radical (unpaired) electrons. The van der Waals surface area contributed by atoms with Gasteiger partial charge in [-0.3, -0.25) is 4.98 Å². The summed E-state index contributed by atoms with van der Waals surface area (Å²) in [5.41, 5.74) is 0.979. The van der Waals surface area contributed by atoms with Crippen LogP contribution in [0.5, 0.6) is 0 Å². The quantitative estimate of drug-likeness (QED) is 0.630. The predicted molar refractivity (Wildman–Crippen MR) is 47.1 cm³/mol. The highest BCUT2D eigenvalue weighted by molar-refractivity contribution is 5.83. The number of allylic oxidation sites excluding steroid dienone is 1. The van der Waals surface area contributed by atoms with Crippen molar-refractivity contribution in [3.8, 4) is 0 Å². The van der Waals surface area contributed by atoms with Crippen LogP contribution in [0.15, 0.2) is 31.0 Å². The summed E-state index contributed by atoms with van der Waals surface area (Å²) in [6.07, 6.45) is 5.07. The molecule has 1 aromatic rings. The minimum Gasteiger partial charge on any atom is -0.543 e. The summed E-state index contributed by atoms with van der Waals surface area (Å²) < 4.78 is 0. The zero-order valence-corrected chi connectivity index (χ0v) is 7.19. The first-order chi connectivity index (χ1) is 6.24. The van der Waals surface area contributed by atoms with E-state index in [4.69, 9.17) is 0 Å². The van der Waals surface area contributed by atoms with Crippen molar-refractivity contribution in [2.45, 2.75) is 12.8 Å². The van der Waals surface area contributed by atoms with Gasteiger partial charge in [-0.2, -0.15) is 0 Å². The Balaban J connectivity index is 2.69. The van der Waals surface area contributed by atoms with Crippen LogP contribution in [0.3, 0.4) is 0 Å². The van der Waals surface area contributed by atoms with E-state index >= 15 is 0 Å². The smallest absolute Gasteiger partial charge is 0.0899 e. The lowest BCUT2D eigenvalue weighted by molar-refractivity contribution is -0.255. The number of pyridine rings is 1. The third-order valence-corrected chi connectivity index (χ3v) is 1.67. The first-order valence-corrected chi connectivity index (χ1v) is 4.01. The van der Waals surface area contributed by atoms with Crippen molar-refractivity contribution in [1.82, 2.24) is 4.98 Å². The highest BCUT2D eigenvalue weighted by Crippen LogP contribution is 2.02. The Hall–Kier alpha value is -1.64. The fourth-order valence-corrected chi connectivity index (χ4v) is 0.962. The molecule has 1 rings (SSSR count). The molecule has 0 atom stereocenters. The van der Waals surface area contributed by atoms with Crippen molar-refractivity contribution >= 4 is 5.97 Å². The maximum Gasteiger partial charge on any atom is 0.0899 e. The lowest BCUT2D eigenvalue weighted by atomic mass is 10.1. The SMILES string of the molecule is C=CCCc1ccc(C(=O)[O-])nc1. The van der Waals surface area contributed by atoms with Gasteiger partial charge in [-0.15, -0.1) is 6.58 Å². The van der Waals surface area contributed by atoms with E-state index in [-0.39, 0.29) is 5.69 Å². The van der Waals surface area contributed by atoms with Crippen LogP contribution in [0.2, 0.25) is 0 Å². The number of carboxylic acids is 1.